The number of nitrogens with one attached hydrogen (secondary N) is 2. The minimum atomic E-state index is -3.68. The number of fused-ring (bicyclic) bond motifs is 1. The van der Waals surface area contributed by atoms with Crippen LogP contribution in [-0.2, 0) is 16.4 Å². The molecule has 0 spiro atoms. The highest BCUT2D eigenvalue weighted by Gasteiger charge is 2.25. The van der Waals surface area contributed by atoms with Gasteiger partial charge in [0.2, 0.25) is 0 Å². The molecular weight excluding hydrogens is 478 g/mol. The highest BCUT2D eigenvalue weighted by Crippen LogP contribution is 2.31. The van der Waals surface area contributed by atoms with Crippen LogP contribution in [0.15, 0.2) is 77.7 Å². The van der Waals surface area contributed by atoms with Crippen molar-refractivity contribution in [2.75, 3.05) is 31.8 Å². The molecule has 4 rings (SSSR count). The van der Waals surface area contributed by atoms with Crippen molar-refractivity contribution in [3.05, 3.63) is 84.1 Å². The van der Waals surface area contributed by atoms with Gasteiger partial charge in [-0.3, -0.25) is 0 Å². The van der Waals surface area contributed by atoms with E-state index in [2.05, 4.69) is 10.6 Å². The van der Waals surface area contributed by atoms with E-state index in [-0.39, 0.29) is 12.3 Å². The molecule has 2 N–H and O–H groups in total. The van der Waals surface area contributed by atoms with E-state index >= 15 is 0 Å². The van der Waals surface area contributed by atoms with Gasteiger partial charge in [0.05, 0.1) is 30.6 Å². The second-order valence-corrected chi connectivity index (χ2v) is 10.3. The highest BCUT2D eigenvalue weighted by molar-refractivity contribution is 7.91. The van der Waals surface area contributed by atoms with Crippen LogP contribution >= 0.6 is 0 Å². The van der Waals surface area contributed by atoms with E-state index in [0.29, 0.717) is 39.7 Å². The Morgan fingerprint density at radius 3 is 2.39 bits per heavy atom. The van der Waals surface area contributed by atoms with Crippen LogP contribution in [0.5, 0.6) is 11.5 Å². The van der Waals surface area contributed by atoms with E-state index in [1.54, 1.807) is 18.2 Å². The maximum atomic E-state index is 13.4. The van der Waals surface area contributed by atoms with Crippen molar-refractivity contribution in [2.45, 2.75) is 18.4 Å². The number of ether oxygens (including phenoxy) is 2. The number of hydrogen-bond acceptors (Lipinski definition) is 5. The SMILES string of the molecule is COc1ccc(NC(=O)NCCS(=O)(=O)c2c(C)n(Cc3ccccc3)c3ccccc23)c(OC)c1. The fraction of sp³-hybridized carbons (Fsp3) is 0.222. The Kier molecular flexibility index (Phi) is 7.49. The van der Waals surface area contributed by atoms with E-state index in [1.165, 1.54) is 14.2 Å². The predicted octanol–water partition coefficient (Wildman–Crippen LogP) is 4.61. The fourth-order valence-electron chi connectivity index (χ4n) is 4.23. The lowest BCUT2D eigenvalue weighted by atomic mass is 10.2. The minimum Gasteiger partial charge on any atom is -0.497 e. The molecule has 36 heavy (non-hydrogen) atoms. The Labute approximate surface area is 210 Å². The van der Waals surface area contributed by atoms with Crippen LogP contribution in [0, 0.1) is 6.92 Å². The van der Waals surface area contributed by atoms with Crippen molar-refractivity contribution in [1.29, 1.82) is 0 Å². The van der Waals surface area contributed by atoms with Gasteiger partial charge in [0.1, 0.15) is 11.5 Å². The van der Waals surface area contributed by atoms with Gasteiger partial charge in [-0.2, -0.15) is 0 Å². The molecule has 0 bridgehead atoms. The number of aromatic nitrogens is 1. The molecule has 9 heteroatoms. The van der Waals surface area contributed by atoms with Crippen molar-refractivity contribution in [2.24, 2.45) is 0 Å². The van der Waals surface area contributed by atoms with Crippen LogP contribution in [0.2, 0.25) is 0 Å². The lowest BCUT2D eigenvalue weighted by Gasteiger charge is -2.13. The topological polar surface area (TPSA) is 98.7 Å². The zero-order valence-corrected chi connectivity index (χ0v) is 21.3. The van der Waals surface area contributed by atoms with Gasteiger partial charge >= 0.3 is 6.03 Å². The number of urea groups is 1. The van der Waals surface area contributed by atoms with Crippen molar-refractivity contribution in [3.63, 3.8) is 0 Å². The maximum absolute atomic E-state index is 13.4. The minimum absolute atomic E-state index is 0.0513. The summed E-state index contributed by atoms with van der Waals surface area (Å²) in [6.45, 7) is 2.34. The normalized spacial score (nSPS) is 11.3. The average molecular weight is 508 g/mol. The molecule has 0 saturated heterocycles. The summed E-state index contributed by atoms with van der Waals surface area (Å²) in [6.07, 6.45) is 0. The molecule has 0 unspecified atom stereocenters. The number of sulfone groups is 1. The van der Waals surface area contributed by atoms with E-state index in [0.717, 1.165) is 11.1 Å². The summed E-state index contributed by atoms with van der Waals surface area (Å²) in [4.78, 5) is 12.7. The Balaban J connectivity index is 1.50. The van der Waals surface area contributed by atoms with Crippen LogP contribution in [0.4, 0.5) is 10.5 Å². The number of hydrogen-bond donors (Lipinski definition) is 2. The van der Waals surface area contributed by atoms with Crippen LogP contribution in [0.25, 0.3) is 10.9 Å². The van der Waals surface area contributed by atoms with Gasteiger partial charge in [0.25, 0.3) is 0 Å². The molecular formula is C27H29N3O5S. The quantitative estimate of drug-likeness (QED) is 0.345. The van der Waals surface area contributed by atoms with Crippen LogP contribution in [-0.4, -0.2) is 45.5 Å². The van der Waals surface area contributed by atoms with Crippen molar-refractivity contribution < 1.29 is 22.7 Å². The number of para-hydroxylation sites is 1. The Morgan fingerprint density at radius 1 is 0.944 bits per heavy atom. The summed E-state index contributed by atoms with van der Waals surface area (Å²) in [6, 6.07) is 21.9. The standard InChI is InChI=1S/C27H29N3O5S/c1-19-26(22-11-7-8-12-24(22)30(19)18-20-9-5-4-6-10-20)36(32,33)16-15-28-27(31)29-23-14-13-21(34-2)17-25(23)35-3/h4-14,17H,15-16,18H2,1-3H3,(H2,28,29,31). The molecule has 4 aromatic rings. The highest BCUT2D eigenvalue weighted by atomic mass is 32.2. The maximum Gasteiger partial charge on any atom is 0.319 e. The first kappa shape index (κ1) is 25.1. The first-order valence-corrected chi connectivity index (χ1v) is 13.1. The van der Waals surface area contributed by atoms with E-state index in [1.807, 2.05) is 66.1 Å². The summed E-state index contributed by atoms with van der Waals surface area (Å²) in [5, 5.41) is 5.99. The summed E-state index contributed by atoms with van der Waals surface area (Å²) < 4.78 is 39.3. The number of rotatable bonds is 9. The Morgan fingerprint density at radius 2 is 1.67 bits per heavy atom. The van der Waals surface area contributed by atoms with Crippen LogP contribution in [0.3, 0.4) is 0 Å². The molecule has 0 aliphatic carbocycles. The summed E-state index contributed by atoms with van der Waals surface area (Å²) in [5.74, 6) is 0.782. The third kappa shape index (κ3) is 5.31. The molecule has 0 saturated carbocycles. The van der Waals surface area contributed by atoms with Crippen molar-refractivity contribution in [3.8, 4) is 11.5 Å². The summed E-state index contributed by atoms with van der Waals surface area (Å²) >= 11 is 0. The first-order valence-electron chi connectivity index (χ1n) is 11.5. The smallest absolute Gasteiger partial charge is 0.319 e. The van der Waals surface area contributed by atoms with Crippen molar-refractivity contribution in [1.82, 2.24) is 9.88 Å². The molecule has 188 valence electrons. The van der Waals surface area contributed by atoms with Crippen molar-refractivity contribution >= 4 is 32.5 Å². The molecule has 2 amide bonds. The second kappa shape index (κ2) is 10.7. The second-order valence-electron chi connectivity index (χ2n) is 8.27. The third-order valence-corrected chi connectivity index (χ3v) is 7.86. The molecule has 8 nitrogen and oxygen atoms in total. The number of benzene rings is 3. The van der Waals surface area contributed by atoms with Gasteiger partial charge in [0, 0.05) is 35.8 Å². The van der Waals surface area contributed by atoms with E-state index in [4.69, 9.17) is 9.47 Å². The molecule has 0 radical (unpaired) electrons. The van der Waals surface area contributed by atoms with E-state index in [9.17, 15) is 13.2 Å². The molecule has 0 fully saturated rings. The zero-order chi connectivity index (χ0) is 25.7. The van der Waals surface area contributed by atoms with Gasteiger partial charge in [-0.25, -0.2) is 13.2 Å². The molecule has 1 heterocycles. The summed E-state index contributed by atoms with van der Waals surface area (Å²) in [5.41, 5.74) is 3.05. The Bertz CT molecular complexity index is 1480. The predicted molar refractivity (Wildman–Crippen MR) is 141 cm³/mol. The molecule has 0 aliphatic heterocycles. The summed E-state index contributed by atoms with van der Waals surface area (Å²) in [7, 11) is -0.659. The van der Waals surface area contributed by atoms with Gasteiger partial charge in [-0.15, -0.1) is 0 Å². The number of anilines is 1. The number of carbonyl (C=O) groups is 1. The molecule has 0 aliphatic rings. The largest absolute Gasteiger partial charge is 0.497 e. The van der Waals surface area contributed by atoms with Crippen LogP contribution < -0.4 is 20.1 Å². The Hall–Kier alpha value is -3.98. The monoisotopic (exact) mass is 507 g/mol. The van der Waals surface area contributed by atoms with Crippen LogP contribution in [0.1, 0.15) is 11.3 Å². The number of nitrogens with zero attached hydrogens (tertiary/aromatic N) is 1. The lowest BCUT2D eigenvalue weighted by molar-refractivity contribution is 0.252. The van der Waals surface area contributed by atoms with Gasteiger partial charge in [0.15, 0.2) is 9.84 Å². The van der Waals surface area contributed by atoms with Gasteiger partial charge in [-0.05, 0) is 30.7 Å². The molecule has 0 atom stereocenters. The van der Waals surface area contributed by atoms with Gasteiger partial charge < -0.3 is 24.7 Å². The molecule has 1 aromatic heterocycles. The third-order valence-electron chi connectivity index (χ3n) is 5.98. The van der Waals surface area contributed by atoms with Gasteiger partial charge in [-0.1, -0.05) is 48.5 Å². The fourth-order valence-corrected chi connectivity index (χ4v) is 5.87. The van der Waals surface area contributed by atoms with E-state index < -0.39 is 15.9 Å². The first-order chi connectivity index (χ1) is 17.3. The number of amides is 2. The molecule has 3 aromatic carbocycles. The average Bonchev–Trinajstić information content (AvgIpc) is 3.16. The number of methoxy groups -OCH3 is 2. The lowest BCUT2D eigenvalue weighted by Crippen LogP contribution is -2.33. The zero-order valence-electron chi connectivity index (χ0n) is 20.4. The number of carbonyl (C=O) groups excluding carboxylic acids is 1.